The summed E-state index contributed by atoms with van der Waals surface area (Å²) < 4.78 is 1.88. The number of hydrazone groups is 1. The van der Waals surface area contributed by atoms with Crippen molar-refractivity contribution in [1.82, 2.24) is 25.3 Å². The lowest BCUT2D eigenvalue weighted by Crippen LogP contribution is -2.37. The standard InChI is InChI=1S/C10H17NO2S.C8H15N3.C8H16O.C7H14N2O/c1-6(2)11-9(12)5-8(10(11)13)14-7(3)4;1-6(2)8-5-11(7(3)4)10-9-8;1-6(2)5-8(9)7(3)4;1-5(2)7(10)9-8-6(3)4/h6-8H,5H2,1-4H3;5-7H,1-4H3;6-7H,5H2,1-4H3;5H,1-4H3,(H,9,10). The molecular formula is C33H62N6O4S. The molecule has 1 N–H and O–H groups in total. The molecular weight excluding hydrogens is 576 g/mol. The highest BCUT2D eigenvalue weighted by Crippen LogP contribution is 2.29. The number of carbonyl (C=O) groups is 4. The predicted octanol–water partition coefficient (Wildman–Crippen LogP) is 7.06. The second-order valence-corrected chi connectivity index (χ2v) is 15.1. The third-order valence-electron chi connectivity index (χ3n) is 5.91. The van der Waals surface area contributed by atoms with Crippen molar-refractivity contribution < 1.29 is 19.2 Å². The van der Waals surface area contributed by atoms with Crippen molar-refractivity contribution in [3.63, 3.8) is 0 Å². The van der Waals surface area contributed by atoms with Gasteiger partial charge in [0.05, 0.1) is 10.9 Å². The van der Waals surface area contributed by atoms with Gasteiger partial charge in [-0.15, -0.1) is 16.9 Å². The Morgan fingerprint density at radius 3 is 1.73 bits per heavy atom. The molecule has 1 aliphatic heterocycles. The van der Waals surface area contributed by atoms with Crippen molar-refractivity contribution in [3.8, 4) is 0 Å². The van der Waals surface area contributed by atoms with Crippen LogP contribution in [0.4, 0.5) is 0 Å². The molecule has 10 nitrogen and oxygen atoms in total. The van der Waals surface area contributed by atoms with Crippen LogP contribution in [0.25, 0.3) is 0 Å². The molecule has 2 rings (SSSR count). The van der Waals surface area contributed by atoms with Crippen molar-refractivity contribution >= 4 is 41.0 Å². The summed E-state index contributed by atoms with van der Waals surface area (Å²) in [7, 11) is 0. The van der Waals surface area contributed by atoms with Crippen LogP contribution in [0.5, 0.6) is 0 Å². The van der Waals surface area contributed by atoms with E-state index in [4.69, 9.17) is 0 Å². The van der Waals surface area contributed by atoms with Crippen LogP contribution in [-0.2, 0) is 19.2 Å². The number of Topliss-reactive ketones (excluding diaryl/α,β-unsaturated/α-hetero) is 1. The van der Waals surface area contributed by atoms with Crippen LogP contribution in [-0.4, -0.2) is 65.7 Å². The number of imide groups is 1. The zero-order valence-corrected chi connectivity index (χ0v) is 31.2. The van der Waals surface area contributed by atoms with E-state index in [-0.39, 0.29) is 40.8 Å². The second kappa shape index (κ2) is 22.0. The third kappa shape index (κ3) is 19.0. The van der Waals surface area contributed by atoms with E-state index in [1.807, 2.05) is 80.1 Å². The van der Waals surface area contributed by atoms with Crippen molar-refractivity contribution in [2.75, 3.05) is 0 Å². The molecule has 1 aromatic heterocycles. The summed E-state index contributed by atoms with van der Waals surface area (Å²) in [5.74, 6) is 1.51. The van der Waals surface area contributed by atoms with Crippen molar-refractivity contribution in [1.29, 1.82) is 0 Å². The van der Waals surface area contributed by atoms with Gasteiger partial charge in [0, 0.05) is 48.7 Å². The Morgan fingerprint density at radius 2 is 1.45 bits per heavy atom. The maximum Gasteiger partial charge on any atom is 0.243 e. The largest absolute Gasteiger partial charge is 0.299 e. The van der Waals surface area contributed by atoms with E-state index in [2.05, 4.69) is 62.4 Å². The fourth-order valence-electron chi connectivity index (χ4n) is 3.34. The quantitative estimate of drug-likeness (QED) is 0.165. The lowest BCUT2D eigenvalue weighted by atomic mass is 9.99. The number of aromatic nitrogens is 3. The van der Waals surface area contributed by atoms with Crippen molar-refractivity contribution in [2.24, 2.45) is 22.9 Å². The summed E-state index contributed by atoms with van der Waals surface area (Å²) in [5, 5.41) is 12.1. The Balaban J connectivity index is 0. The van der Waals surface area contributed by atoms with E-state index in [0.717, 1.165) is 17.8 Å². The molecule has 1 unspecified atom stereocenters. The molecule has 1 aliphatic rings. The zero-order valence-electron chi connectivity index (χ0n) is 30.4. The molecule has 1 aromatic rings. The van der Waals surface area contributed by atoms with Gasteiger partial charge in [0.1, 0.15) is 5.78 Å². The summed E-state index contributed by atoms with van der Waals surface area (Å²) in [6, 6.07) is 0.405. The maximum atomic E-state index is 11.8. The lowest BCUT2D eigenvalue weighted by molar-refractivity contribution is -0.140. The molecule has 0 aliphatic carbocycles. The second-order valence-electron chi connectivity index (χ2n) is 13.4. The van der Waals surface area contributed by atoms with Gasteiger partial charge in [-0.05, 0) is 58.6 Å². The Kier molecular flexibility index (Phi) is 21.8. The Morgan fingerprint density at radius 1 is 0.909 bits per heavy atom. The molecule has 254 valence electrons. The number of nitrogens with zero attached hydrogens (tertiary/aromatic N) is 5. The Hall–Kier alpha value is -2.56. The number of carbonyl (C=O) groups excluding carboxylic acids is 4. The highest BCUT2D eigenvalue weighted by atomic mass is 32.2. The number of amides is 3. The van der Waals surface area contributed by atoms with Gasteiger partial charge in [0.25, 0.3) is 0 Å². The normalized spacial score (nSPS) is 14.5. The number of ketones is 1. The van der Waals surface area contributed by atoms with E-state index < -0.39 is 0 Å². The number of hydrogen-bond acceptors (Lipinski definition) is 8. The van der Waals surface area contributed by atoms with Crippen LogP contribution < -0.4 is 5.43 Å². The fourth-order valence-corrected chi connectivity index (χ4v) is 4.47. The molecule has 0 saturated carbocycles. The minimum Gasteiger partial charge on any atom is -0.299 e. The van der Waals surface area contributed by atoms with Crippen molar-refractivity contribution in [2.45, 2.75) is 152 Å². The molecule has 0 bridgehead atoms. The SMILES string of the molecule is CC(C)=NNC(=O)C(C)C.CC(C)CC(=O)C(C)C.CC(C)SC1CC(=O)N(C(C)C)C1=O.CC(C)c1cn(C(C)C)nn1. The summed E-state index contributed by atoms with van der Waals surface area (Å²) in [4.78, 5) is 46.5. The van der Waals surface area contributed by atoms with E-state index in [1.165, 1.54) is 4.90 Å². The van der Waals surface area contributed by atoms with Crippen LogP contribution in [0.3, 0.4) is 0 Å². The average molecular weight is 639 g/mol. The highest BCUT2D eigenvalue weighted by molar-refractivity contribution is 8.01. The van der Waals surface area contributed by atoms with Gasteiger partial charge in [-0.1, -0.05) is 74.5 Å². The molecule has 0 radical (unpaired) electrons. The molecule has 1 fully saturated rings. The summed E-state index contributed by atoms with van der Waals surface area (Å²) in [6.45, 7) is 31.6. The smallest absolute Gasteiger partial charge is 0.243 e. The van der Waals surface area contributed by atoms with Crippen LogP contribution in [0.1, 0.15) is 141 Å². The minimum absolute atomic E-state index is 0.00287. The van der Waals surface area contributed by atoms with Gasteiger partial charge in [0.2, 0.25) is 17.7 Å². The van der Waals surface area contributed by atoms with Crippen LogP contribution >= 0.6 is 11.8 Å². The first-order chi connectivity index (χ1) is 20.1. The van der Waals surface area contributed by atoms with Crippen molar-refractivity contribution in [3.05, 3.63) is 11.9 Å². The van der Waals surface area contributed by atoms with E-state index in [1.54, 1.807) is 11.8 Å². The molecule has 0 spiro atoms. The topological polar surface area (TPSA) is 127 Å². The third-order valence-corrected chi connectivity index (χ3v) is 7.15. The molecule has 1 atom stereocenters. The van der Waals surface area contributed by atoms with E-state index >= 15 is 0 Å². The number of rotatable bonds is 10. The summed E-state index contributed by atoms with van der Waals surface area (Å²) >= 11 is 1.58. The fraction of sp³-hybridized carbons (Fsp3) is 0.788. The van der Waals surface area contributed by atoms with E-state index in [0.29, 0.717) is 35.3 Å². The molecule has 0 aromatic carbocycles. The van der Waals surface area contributed by atoms with Crippen LogP contribution in [0, 0.1) is 17.8 Å². The van der Waals surface area contributed by atoms with Crippen LogP contribution in [0.15, 0.2) is 11.3 Å². The molecule has 1 saturated heterocycles. The maximum absolute atomic E-state index is 11.8. The number of nitrogens with one attached hydrogen (secondary N) is 1. The minimum atomic E-state index is -0.148. The number of likely N-dealkylation sites (tertiary alicyclic amines) is 1. The van der Waals surface area contributed by atoms with Gasteiger partial charge >= 0.3 is 0 Å². The van der Waals surface area contributed by atoms with Gasteiger partial charge in [0.15, 0.2) is 0 Å². The number of thioether (sulfide) groups is 1. The first-order valence-corrected chi connectivity index (χ1v) is 16.8. The van der Waals surface area contributed by atoms with Gasteiger partial charge in [-0.2, -0.15) is 5.10 Å². The van der Waals surface area contributed by atoms with Gasteiger partial charge in [-0.25, -0.2) is 10.1 Å². The first-order valence-electron chi connectivity index (χ1n) is 15.9. The van der Waals surface area contributed by atoms with Crippen LogP contribution in [0.2, 0.25) is 0 Å². The summed E-state index contributed by atoms with van der Waals surface area (Å²) in [5.41, 5.74) is 4.35. The zero-order chi connectivity index (χ0) is 34.9. The predicted molar refractivity (Wildman–Crippen MR) is 184 cm³/mol. The average Bonchev–Trinajstić information content (AvgIpc) is 3.48. The monoisotopic (exact) mass is 638 g/mol. The van der Waals surface area contributed by atoms with Gasteiger partial charge in [-0.3, -0.25) is 24.1 Å². The Labute approximate surface area is 271 Å². The van der Waals surface area contributed by atoms with E-state index in [9.17, 15) is 19.2 Å². The first kappa shape index (κ1) is 43.6. The highest BCUT2D eigenvalue weighted by Gasteiger charge is 2.40. The summed E-state index contributed by atoms with van der Waals surface area (Å²) in [6.07, 6.45) is 3.12. The molecule has 3 amide bonds. The van der Waals surface area contributed by atoms with Gasteiger partial charge < -0.3 is 0 Å². The molecule has 44 heavy (non-hydrogen) atoms. The number of hydrogen-bond donors (Lipinski definition) is 1. The lowest BCUT2D eigenvalue weighted by Gasteiger charge is -2.19. The molecule has 11 heteroatoms. The Bertz CT molecular complexity index is 1020. The molecule has 2 heterocycles.